The lowest BCUT2D eigenvalue weighted by Gasteiger charge is -2.21. The van der Waals surface area contributed by atoms with Crippen LogP contribution in [0.15, 0.2) is 48.5 Å². The van der Waals surface area contributed by atoms with Gasteiger partial charge < -0.3 is 11.1 Å². The van der Waals surface area contributed by atoms with Gasteiger partial charge in [0.15, 0.2) is 0 Å². The van der Waals surface area contributed by atoms with E-state index in [1.54, 1.807) is 6.07 Å². The molecule has 0 fully saturated rings. The van der Waals surface area contributed by atoms with Crippen LogP contribution in [0, 0.1) is 0 Å². The Kier molecular flexibility index (Phi) is 6.53. The summed E-state index contributed by atoms with van der Waals surface area (Å²) in [6.45, 7) is 6.85. The molecule has 4 nitrogen and oxygen atoms in total. The molecule has 0 aliphatic rings. The number of nitrogens with one attached hydrogen (secondary N) is 1. The molecule has 0 bridgehead atoms. The zero-order chi connectivity index (χ0) is 17.5. The molecule has 0 aromatic heterocycles. The van der Waals surface area contributed by atoms with E-state index in [0.29, 0.717) is 18.2 Å². The van der Waals surface area contributed by atoms with Crippen LogP contribution in [-0.2, 0) is 19.6 Å². The maximum absolute atomic E-state index is 11.2. The smallest absolute Gasteiger partial charge is 0.248 e. The van der Waals surface area contributed by atoms with Crippen molar-refractivity contribution >= 4 is 5.91 Å². The highest BCUT2D eigenvalue weighted by Crippen LogP contribution is 2.10. The van der Waals surface area contributed by atoms with Gasteiger partial charge in [-0.2, -0.15) is 0 Å². The molecule has 24 heavy (non-hydrogen) atoms. The van der Waals surface area contributed by atoms with Crippen LogP contribution in [0.1, 0.15) is 40.9 Å². The predicted octanol–water partition coefficient (Wildman–Crippen LogP) is 2.92. The molecule has 2 aromatic rings. The van der Waals surface area contributed by atoms with Crippen LogP contribution in [-0.4, -0.2) is 23.9 Å². The minimum absolute atomic E-state index is 0.390. The number of carbonyl (C=O) groups excluding carboxylic acids is 1. The predicted molar refractivity (Wildman–Crippen MR) is 98.5 cm³/mol. The number of hydrogen-bond donors (Lipinski definition) is 2. The van der Waals surface area contributed by atoms with Gasteiger partial charge in [0.25, 0.3) is 0 Å². The summed E-state index contributed by atoms with van der Waals surface area (Å²) in [5, 5.41) is 3.42. The monoisotopic (exact) mass is 325 g/mol. The number of rotatable bonds is 8. The number of primary amides is 1. The lowest BCUT2D eigenvalue weighted by atomic mass is 10.1. The molecule has 2 rings (SSSR count). The fourth-order valence-electron chi connectivity index (χ4n) is 2.49. The summed E-state index contributed by atoms with van der Waals surface area (Å²) in [6, 6.07) is 16.6. The summed E-state index contributed by atoms with van der Waals surface area (Å²) in [5.74, 6) is -0.390. The van der Waals surface area contributed by atoms with Gasteiger partial charge in [-0.25, -0.2) is 0 Å². The molecule has 0 radical (unpaired) electrons. The second-order valence-corrected chi connectivity index (χ2v) is 6.50. The Morgan fingerprint density at radius 1 is 1.04 bits per heavy atom. The first kappa shape index (κ1) is 18.2. The molecule has 2 aromatic carbocycles. The van der Waals surface area contributed by atoms with Crippen molar-refractivity contribution < 1.29 is 4.79 Å². The zero-order valence-corrected chi connectivity index (χ0v) is 14.8. The van der Waals surface area contributed by atoms with Gasteiger partial charge in [-0.15, -0.1) is 0 Å². The molecule has 0 atom stereocenters. The average Bonchev–Trinajstić information content (AvgIpc) is 2.55. The summed E-state index contributed by atoms with van der Waals surface area (Å²) in [4.78, 5) is 13.5. The van der Waals surface area contributed by atoms with Crippen LogP contribution in [0.2, 0.25) is 0 Å². The zero-order valence-electron chi connectivity index (χ0n) is 14.8. The van der Waals surface area contributed by atoms with Crippen LogP contribution < -0.4 is 11.1 Å². The summed E-state index contributed by atoms with van der Waals surface area (Å²) in [5.41, 5.74) is 9.50. The largest absolute Gasteiger partial charge is 0.366 e. The van der Waals surface area contributed by atoms with Crippen LogP contribution in [0.3, 0.4) is 0 Å². The molecular weight excluding hydrogens is 298 g/mol. The van der Waals surface area contributed by atoms with E-state index in [9.17, 15) is 4.79 Å². The number of nitrogens with zero attached hydrogens (tertiary/aromatic N) is 1. The van der Waals surface area contributed by atoms with Crippen LogP contribution in [0.4, 0.5) is 0 Å². The third kappa shape index (κ3) is 5.48. The van der Waals surface area contributed by atoms with E-state index >= 15 is 0 Å². The van der Waals surface area contributed by atoms with E-state index in [-0.39, 0.29) is 5.91 Å². The van der Waals surface area contributed by atoms with Crippen LogP contribution in [0.25, 0.3) is 0 Å². The highest BCUT2D eigenvalue weighted by atomic mass is 16.1. The van der Waals surface area contributed by atoms with Gasteiger partial charge >= 0.3 is 0 Å². The third-order valence-electron chi connectivity index (χ3n) is 4.17. The van der Waals surface area contributed by atoms with Gasteiger partial charge in [0.1, 0.15) is 0 Å². The first-order chi connectivity index (χ1) is 11.5. The number of hydrogen-bond acceptors (Lipinski definition) is 3. The van der Waals surface area contributed by atoms with Crippen molar-refractivity contribution in [3.8, 4) is 0 Å². The fraction of sp³-hybridized carbons (Fsp3) is 0.350. The summed E-state index contributed by atoms with van der Waals surface area (Å²) in [7, 11) is 2.14. The van der Waals surface area contributed by atoms with Crippen molar-refractivity contribution in [2.75, 3.05) is 7.05 Å². The van der Waals surface area contributed by atoms with E-state index in [0.717, 1.165) is 18.7 Å². The molecule has 1 amide bonds. The van der Waals surface area contributed by atoms with Gasteiger partial charge in [-0.05, 0) is 49.7 Å². The Morgan fingerprint density at radius 2 is 1.62 bits per heavy atom. The second-order valence-electron chi connectivity index (χ2n) is 6.50. The minimum Gasteiger partial charge on any atom is -0.366 e. The molecular formula is C20H27N3O. The van der Waals surface area contributed by atoms with Gasteiger partial charge in [0.05, 0.1) is 0 Å². The Balaban J connectivity index is 1.90. The molecule has 0 saturated heterocycles. The number of carbonyl (C=O) groups is 1. The lowest BCUT2D eigenvalue weighted by Crippen LogP contribution is -2.25. The first-order valence-electron chi connectivity index (χ1n) is 8.33. The van der Waals surface area contributed by atoms with Crippen LogP contribution >= 0.6 is 0 Å². The Hall–Kier alpha value is -2.17. The molecule has 128 valence electrons. The molecule has 0 heterocycles. The van der Waals surface area contributed by atoms with E-state index in [4.69, 9.17) is 5.73 Å². The second kappa shape index (κ2) is 8.62. The number of benzene rings is 2. The van der Waals surface area contributed by atoms with Crippen LogP contribution in [0.5, 0.6) is 0 Å². The molecule has 0 aliphatic carbocycles. The van der Waals surface area contributed by atoms with E-state index < -0.39 is 0 Å². The summed E-state index contributed by atoms with van der Waals surface area (Å²) in [6.07, 6.45) is 0. The normalized spacial score (nSPS) is 11.2. The van der Waals surface area contributed by atoms with E-state index in [1.165, 1.54) is 11.1 Å². The highest BCUT2D eigenvalue weighted by molar-refractivity contribution is 5.92. The molecule has 0 spiro atoms. The van der Waals surface area contributed by atoms with Crippen molar-refractivity contribution in [3.63, 3.8) is 0 Å². The Labute approximate surface area is 144 Å². The standard InChI is InChI=1S/C20H27N3O/c1-15(2)23(3)14-18-8-4-6-16(10-18)12-22-13-17-7-5-9-19(11-17)20(21)24/h4-11,15,22H,12-14H2,1-3H3,(H2,21,24). The van der Waals surface area contributed by atoms with E-state index in [2.05, 4.69) is 55.4 Å². The summed E-state index contributed by atoms with van der Waals surface area (Å²) < 4.78 is 0. The van der Waals surface area contributed by atoms with Gasteiger partial charge in [0, 0.05) is 31.2 Å². The molecule has 0 saturated carbocycles. The van der Waals surface area contributed by atoms with Crippen molar-refractivity contribution in [1.29, 1.82) is 0 Å². The highest BCUT2D eigenvalue weighted by Gasteiger charge is 2.05. The van der Waals surface area contributed by atoms with Crippen molar-refractivity contribution in [3.05, 3.63) is 70.8 Å². The topological polar surface area (TPSA) is 58.4 Å². The lowest BCUT2D eigenvalue weighted by molar-refractivity contribution is 0.1000. The van der Waals surface area contributed by atoms with Gasteiger partial charge in [-0.3, -0.25) is 9.69 Å². The first-order valence-corrected chi connectivity index (χ1v) is 8.33. The number of amides is 1. The van der Waals surface area contributed by atoms with E-state index in [1.807, 2.05) is 18.2 Å². The maximum atomic E-state index is 11.2. The molecule has 4 heteroatoms. The minimum atomic E-state index is -0.390. The van der Waals surface area contributed by atoms with Crippen molar-refractivity contribution in [1.82, 2.24) is 10.2 Å². The Bertz CT molecular complexity index is 682. The van der Waals surface area contributed by atoms with Crippen molar-refractivity contribution in [2.45, 2.75) is 39.5 Å². The Morgan fingerprint density at radius 3 is 2.25 bits per heavy atom. The molecule has 0 aliphatic heterocycles. The van der Waals surface area contributed by atoms with Gasteiger partial charge in [-0.1, -0.05) is 36.4 Å². The van der Waals surface area contributed by atoms with Crippen molar-refractivity contribution in [2.24, 2.45) is 5.73 Å². The SMILES string of the molecule is CC(C)N(C)Cc1cccc(CNCc2cccc(C(N)=O)c2)c1. The molecule has 3 N–H and O–H groups in total. The quantitative estimate of drug-likeness (QED) is 0.784. The van der Waals surface area contributed by atoms with Gasteiger partial charge in [0.2, 0.25) is 5.91 Å². The number of nitrogens with two attached hydrogens (primary N) is 1. The molecule has 0 unspecified atom stereocenters. The average molecular weight is 325 g/mol. The third-order valence-corrected chi connectivity index (χ3v) is 4.17. The fourth-order valence-corrected chi connectivity index (χ4v) is 2.49. The maximum Gasteiger partial charge on any atom is 0.248 e. The summed E-state index contributed by atoms with van der Waals surface area (Å²) >= 11 is 0.